The Labute approximate surface area is 209 Å². The van der Waals surface area contributed by atoms with Gasteiger partial charge in [0.25, 0.3) is 23.1 Å². The van der Waals surface area contributed by atoms with E-state index in [2.05, 4.69) is 5.32 Å². The Morgan fingerprint density at radius 3 is 2.57 bits per heavy atom. The first-order valence-corrected chi connectivity index (χ1v) is 11.5. The summed E-state index contributed by atoms with van der Waals surface area (Å²) >= 11 is 0. The van der Waals surface area contributed by atoms with Crippen molar-refractivity contribution >= 4 is 28.6 Å². The molecule has 2 atom stereocenters. The maximum atomic E-state index is 14.7. The maximum Gasteiger partial charge on any atom is 0.407 e. The largest absolute Gasteiger partial charge is 0.491 e. The molecule has 2 N–H and O–H groups in total. The average Bonchev–Trinajstić information content (AvgIpc) is 2.84. The number of ether oxygens (including phenoxy) is 2. The summed E-state index contributed by atoms with van der Waals surface area (Å²) in [5, 5.41) is 23.3. The highest BCUT2D eigenvalue weighted by molar-refractivity contribution is 5.88. The second kappa shape index (κ2) is 11.0. The van der Waals surface area contributed by atoms with Crippen molar-refractivity contribution in [2.75, 3.05) is 33.4 Å². The number of halogens is 2. The van der Waals surface area contributed by atoms with Crippen LogP contribution in [0.3, 0.4) is 0 Å². The van der Waals surface area contributed by atoms with Gasteiger partial charge in [-0.3, -0.25) is 19.7 Å². The number of aryl methyl sites for hydroxylation is 1. The number of rotatable bonds is 9. The number of benzene rings is 1. The van der Waals surface area contributed by atoms with Crippen molar-refractivity contribution in [3.05, 3.63) is 38.7 Å². The van der Waals surface area contributed by atoms with Crippen LogP contribution in [0.5, 0.6) is 11.5 Å². The highest BCUT2D eigenvalue weighted by atomic mass is 19.3. The Hall–Kier alpha value is -3.97. The van der Waals surface area contributed by atoms with E-state index < -0.39 is 46.8 Å². The lowest BCUT2D eigenvalue weighted by molar-refractivity contribution is -0.384. The van der Waals surface area contributed by atoms with Crippen molar-refractivity contribution in [1.82, 2.24) is 14.8 Å². The summed E-state index contributed by atoms with van der Waals surface area (Å²) in [6.07, 6.45) is -1.18. The molecule has 0 spiro atoms. The number of nitrogens with zero attached hydrogens (tertiary/aromatic N) is 3. The molecule has 1 aromatic carbocycles. The summed E-state index contributed by atoms with van der Waals surface area (Å²) in [7, 11) is 2.80. The fraction of sp³-hybridized carbons (Fsp3) is 0.522. The molecule has 1 fully saturated rings. The third-order valence-corrected chi connectivity index (χ3v) is 6.44. The fourth-order valence-corrected chi connectivity index (χ4v) is 4.36. The number of pyridine rings is 1. The zero-order chi connectivity index (χ0) is 27.5. The lowest BCUT2D eigenvalue weighted by atomic mass is 9.83. The number of amides is 2. The van der Waals surface area contributed by atoms with E-state index in [0.29, 0.717) is 0 Å². The number of non-ortho nitro benzene ring substituents is 1. The van der Waals surface area contributed by atoms with Gasteiger partial charge in [0.05, 0.1) is 23.1 Å². The quantitative estimate of drug-likeness (QED) is 0.287. The van der Waals surface area contributed by atoms with Gasteiger partial charge in [-0.15, -0.1) is 0 Å². The number of hydrogen-bond acceptors (Lipinski definition) is 7. The Morgan fingerprint density at radius 1 is 1.24 bits per heavy atom. The number of nitrogens with one attached hydrogen (secondary N) is 1. The number of fused-ring (bicyclic) bond motifs is 1. The molecule has 202 valence electrons. The van der Waals surface area contributed by atoms with Gasteiger partial charge in [-0.2, -0.15) is 0 Å². The van der Waals surface area contributed by atoms with Crippen LogP contribution in [0.25, 0.3) is 10.9 Å². The van der Waals surface area contributed by atoms with E-state index in [-0.39, 0.29) is 60.6 Å². The lowest BCUT2D eigenvalue weighted by Crippen LogP contribution is -2.54. The number of aromatic nitrogens is 1. The monoisotopic (exact) mass is 526 g/mol. The van der Waals surface area contributed by atoms with E-state index in [1.54, 1.807) is 0 Å². The van der Waals surface area contributed by atoms with Crippen LogP contribution in [0.2, 0.25) is 0 Å². The van der Waals surface area contributed by atoms with Crippen LogP contribution in [-0.4, -0.2) is 70.8 Å². The molecular weight excluding hydrogens is 498 g/mol. The Morgan fingerprint density at radius 2 is 1.95 bits per heavy atom. The van der Waals surface area contributed by atoms with E-state index in [4.69, 9.17) is 9.47 Å². The molecule has 1 saturated heterocycles. The summed E-state index contributed by atoms with van der Waals surface area (Å²) < 4.78 is 41.5. The predicted octanol–water partition coefficient (Wildman–Crippen LogP) is 2.61. The molecule has 3 rings (SSSR count). The van der Waals surface area contributed by atoms with Crippen molar-refractivity contribution in [3.8, 4) is 11.5 Å². The number of likely N-dealkylation sites (N-methyl/N-ethyl adjacent to an activating group) is 1. The molecule has 2 unspecified atom stereocenters. The highest BCUT2D eigenvalue weighted by Gasteiger charge is 2.49. The fourth-order valence-electron chi connectivity index (χ4n) is 4.36. The first kappa shape index (κ1) is 27.6. The minimum atomic E-state index is -3.06. The summed E-state index contributed by atoms with van der Waals surface area (Å²) in [5.41, 5.74) is -0.723. The highest BCUT2D eigenvalue weighted by Crippen LogP contribution is 2.40. The van der Waals surface area contributed by atoms with E-state index in [9.17, 15) is 38.4 Å². The number of carbonyl (C=O) groups excluding carboxylic acids is 1. The second-order valence-corrected chi connectivity index (χ2v) is 8.92. The standard InChI is InChI=1S/C23H28F2N4O8/c1-13-10-28(22(32)33)11-15(23(13,24)25)5-4-6-36-17-9-16(29(34)35)7-14-8-18(37-12-19(30)26-2)21(31)27(3)20(14)17/h7-9,13,15H,4-6,10-12H2,1-3H3,(H,26,30)(H,32,33). The van der Waals surface area contributed by atoms with Gasteiger partial charge in [0.2, 0.25) is 0 Å². The van der Waals surface area contributed by atoms with Gasteiger partial charge in [0.15, 0.2) is 12.4 Å². The zero-order valence-corrected chi connectivity index (χ0v) is 20.5. The number of hydrogen-bond donors (Lipinski definition) is 2. The Balaban J connectivity index is 1.82. The molecule has 1 aliphatic rings. The van der Waals surface area contributed by atoms with Crippen LogP contribution in [0, 0.1) is 22.0 Å². The normalized spacial score (nSPS) is 18.9. The molecule has 2 amide bonds. The number of likely N-dealkylation sites (tertiary alicyclic amines) is 1. The lowest BCUT2D eigenvalue weighted by Gasteiger charge is -2.41. The van der Waals surface area contributed by atoms with Gasteiger partial charge in [0.1, 0.15) is 5.75 Å². The second-order valence-electron chi connectivity index (χ2n) is 8.92. The molecule has 0 aliphatic carbocycles. The van der Waals surface area contributed by atoms with E-state index in [0.717, 1.165) is 15.5 Å². The van der Waals surface area contributed by atoms with E-state index in [1.165, 1.54) is 33.2 Å². The predicted molar refractivity (Wildman–Crippen MR) is 127 cm³/mol. The molecule has 2 aromatic rings. The zero-order valence-electron chi connectivity index (χ0n) is 20.5. The summed E-state index contributed by atoms with van der Waals surface area (Å²) in [6.45, 7) is 0.214. The molecule has 1 aromatic heterocycles. The van der Waals surface area contributed by atoms with Gasteiger partial charge < -0.3 is 29.4 Å². The molecule has 1 aliphatic heterocycles. The summed E-state index contributed by atoms with van der Waals surface area (Å²) in [6, 6.07) is 3.63. The topological polar surface area (TPSA) is 153 Å². The van der Waals surface area contributed by atoms with Crippen LogP contribution >= 0.6 is 0 Å². The Kier molecular flexibility index (Phi) is 8.18. The number of alkyl halides is 2. The third kappa shape index (κ3) is 5.89. The number of carboxylic acid groups (broad SMARTS) is 1. The maximum absolute atomic E-state index is 14.7. The number of carbonyl (C=O) groups is 2. The van der Waals surface area contributed by atoms with E-state index >= 15 is 0 Å². The van der Waals surface area contributed by atoms with Crippen LogP contribution in [0.15, 0.2) is 23.0 Å². The third-order valence-electron chi connectivity index (χ3n) is 6.44. The van der Waals surface area contributed by atoms with Crippen LogP contribution in [0.4, 0.5) is 19.3 Å². The number of nitro benzene ring substituents is 1. The first-order chi connectivity index (χ1) is 17.4. The minimum absolute atomic E-state index is 0.00224. The smallest absolute Gasteiger partial charge is 0.407 e. The first-order valence-electron chi connectivity index (χ1n) is 11.5. The number of piperidine rings is 1. The number of nitro groups is 1. The van der Waals surface area contributed by atoms with E-state index in [1.807, 2.05) is 0 Å². The molecule has 2 heterocycles. The van der Waals surface area contributed by atoms with Crippen molar-refractivity contribution in [1.29, 1.82) is 0 Å². The van der Waals surface area contributed by atoms with Gasteiger partial charge in [-0.1, -0.05) is 6.92 Å². The van der Waals surface area contributed by atoms with Crippen molar-refractivity contribution in [3.63, 3.8) is 0 Å². The molecule has 0 radical (unpaired) electrons. The van der Waals surface area contributed by atoms with Crippen LogP contribution in [0.1, 0.15) is 19.8 Å². The van der Waals surface area contributed by atoms with Crippen molar-refractivity contribution < 1.29 is 37.9 Å². The van der Waals surface area contributed by atoms with Crippen molar-refractivity contribution in [2.24, 2.45) is 18.9 Å². The average molecular weight is 526 g/mol. The molecular formula is C23H28F2N4O8. The minimum Gasteiger partial charge on any atom is -0.491 e. The van der Waals surface area contributed by atoms with Gasteiger partial charge in [0, 0.05) is 50.5 Å². The van der Waals surface area contributed by atoms with Crippen molar-refractivity contribution in [2.45, 2.75) is 25.7 Å². The SMILES string of the molecule is CNC(=O)COc1cc2cc([N+](=O)[O-])cc(OCCCC3CN(C(=O)O)CC(C)C3(F)F)c2n(C)c1=O. The molecule has 14 heteroatoms. The Bertz CT molecular complexity index is 1270. The summed E-state index contributed by atoms with van der Waals surface area (Å²) in [4.78, 5) is 47.3. The van der Waals surface area contributed by atoms with Gasteiger partial charge in [-0.25, -0.2) is 13.6 Å². The molecule has 0 saturated carbocycles. The molecule has 12 nitrogen and oxygen atoms in total. The van der Waals surface area contributed by atoms with Gasteiger partial charge >= 0.3 is 6.09 Å². The molecule has 37 heavy (non-hydrogen) atoms. The molecule has 0 bridgehead atoms. The van der Waals surface area contributed by atoms with Crippen LogP contribution < -0.4 is 20.3 Å². The van der Waals surface area contributed by atoms with Crippen LogP contribution in [-0.2, 0) is 11.8 Å². The summed E-state index contributed by atoms with van der Waals surface area (Å²) in [5.74, 6) is -6.08. The van der Waals surface area contributed by atoms with Gasteiger partial charge in [-0.05, 0) is 18.9 Å².